The largest absolute Gasteiger partial charge is 0.364 e. The fourth-order valence-corrected chi connectivity index (χ4v) is 4.52. The van der Waals surface area contributed by atoms with Gasteiger partial charge in [0.25, 0.3) is 0 Å². The van der Waals surface area contributed by atoms with Crippen molar-refractivity contribution in [2.24, 2.45) is 4.99 Å². The Morgan fingerprint density at radius 3 is 2.40 bits per heavy atom. The van der Waals surface area contributed by atoms with Gasteiger partial charge in [0.05, 0.1) is 6.54 Å². The minimum atomic E-state index is 0.692. The third-order valence-electron chi connectivity index (χ3n) is 5.49. The Bertz CT molecular complexity index is 858. The van der Waals surface area contributed by atoms with Crippen LogP contribution in [0.3, 0.4) is 0 Å². The highest BCUT2D eigenvalue weighted by Crippen LogP contribution is 2.20. The molecule has 2 aromatic rings. The second-order valence-electron chi connectivity index (χ2n) is 7.53. The standard InChI is InChI=1S/C22H31N7S/c1-3-20-25-22(30-26-20)29-15-13-28(14-16-29)21(23-4-2)24-17-18-7-9-19(10-8-18)27-11-5-6-12-27/h5-10H,3-4,11-17H2,1-2H3,(H,23,24). The van der Waals surface area contributed by atoms with E-state index in [2.05, 4.69) is 79.6 Å². The van der Waals surface area contributed by atoms with E-state index < -0.39 is 0 Å². The summed E-state index contributed by atoms with van der Waals surface area (Å²) in [6, 6.07) is 8.80. The molecule has 0 spiro atoms. The zero-order chi connectivity index (χ0) is 20.8. The summed E-state index contributed by atoms with van der Waals surface area (Å²) in [5.74, 6) is 1.94. The lowest BCUT2D eigenvalue weighted by Gasteiger charge is -2.36. The second-order valence-corrected chi connectivity index (χ2v) is 8.26. The van der Waals surface area contributed by atoms with Gasteiger partial charge in [-0.3, -0.25) is 0 Å². The average Bonchev–Trinajstić information content (AvgIpc) is 3.50. The molecule has 0 bridgehead atoms. The number of aliphatic imine (C=N–C) groups is 1. The van der Waals surface area contributed by atoms with Crippen LogP contribution in [-0.4, -0.2) is 66.0 Å². The van der Waals surface area contributed by atoms with E-state index in [1.807, 2.05) is 0 Å². The molecule has 4 rings (SSSR count). The Kier molecular flexibility index (Phi) is 6.84. The maximum Gasteiger partial charge on any atom is 0.205 e. The van der Waals surface area contributed by atoms with Crippen LogP contribution >= 0.6 is 11.5 Å². The van der Waals surface area contributed by atoms with Crippen LogP contribution in [0, 0.1) is 0 Å². The number of piperazine rings is 1. The minimum absolute atomic E-state index is 0.692. The molecule has 0 aliphatic carbocycles. The number of rotatable bonds is 6. The molecule has 2 aliphatic rings. The van der Waals surface area contributed by atoms with E-state index in [9.17, 15) is 0 Å². The van der Waals surface area contributed by atoms with E-state index in [-0.39, 0.29) is 0 Å². The SMILES string of the molecule is CCNC(=NCc1ccc(N2CC=CC2)cc1)N1CCN(c2nc(CC)ns2)CC1. The van der Waals surface area contributed by atoms with Crippen LogP contribution in [0.15, 0.2) is 41.4 Å². The van der Waals surface area contributed by atoms with Crippen molar-refractivity contribution >= 4 is 28.3 Å². The Morgan fingerprint density at radius 2 is 1.77 bits per heavy atom. The number of guanidine groups is 1. The zero-order valence-electron chi connectivity index (χ0n) is 17.9. The molecule has 1 aromatic carbocycles. The van der Waals surface area contributed by atoms with Crippen molar-refractivity contribution < 1.29 is 0 Å². The number of benzene rings is 1. The van der Waals surface area contributed by atoms with Gasteiger partial charge in [0, 0.05) is 69.5 Å². The van der Waals surface area contributed by atoms with Crippen LogP contribution < -0.4 is 15.1 Å². The van der Waals surface area contributed by atoms with Crippen molar-refractivity contribution in [2.45, 2.75) is 26.8 Å². The molecule has 1 aromatic heterocycles. The molecule has 1 fully saturated rings. The van der Waals surface area contributed by atoms with Crippen molar-refractivity contribution in [1.82, 2.24) is 19.6 Å². The van der Waals surface area contributed by atoms with Crippen LogP contribution in [0.2, 0.25) is 0 Å². The van der Waals surface area contributed by atoms with Gasteiger partial charge in [-0.2, -0.15) is 4.37 Å². The zero-order valence-corrected chi connectivity index (χ0v) is 18.7. The molecule has 0 unspecified atom stereocenters. The quantitative estimate of drug-likeness (QED) is 0.436. The van der Waals surface area contributed by atoms with Gasteiger partial charge in [0.2, 0.25) is 5.13 Å². The Morgan fingerprint density at radius 1 is 1.03 bits per heavy atom. The van der Waals surface area contributed by atoms with Crippen molar-refractivity contribution in [3.8, 4) is 0 Å². The summed E-state index contributed by atoms with van der Waals surface area (Å²) in [5.41, 5.74) is 2.51. The van der Waals surface area contributed by atoms with Gasteiger partial charge in [0.15, 0.2) is 5.96 Å². The van der Waals surface area contributed by atoms with Gasteiger partial charge in [-0.05, 0) is 24.6 Å². The highest BCUT2D eigenvalue weighted by atomic mass is 32.1. The first-order chi connectivity index (χ1) is 14.8. The number of nitrogens with zero attached hydrogens (tertiary/aromatic N) is 6. The smallest absolute Gasteiger partial charge is 0.205 e. The molecule has 0 atom stereocenters. The van der Waals surface area contributed by atoms with Crippen LogP contribution in [0.4, 0.5) is 10.8 Å². The van der Waals surface area contributed by atoms with E-state index >= 15 is 0 Å². The van der Waals surface area contributed by atoms with Gasteiger partial charge in [0.1, 0.15) is 5.82 Å². The molecular formula is C22H31N7S. The highest BCUT2D eigenvalue weighted by Gasteiger charge is 2.22. The molecular weight excluding hydrogens is 394 g/mol. The van der Waals surface area contributed by atoms with Gasteiger partial charge in [-0.25, -0.2) is 9.98 Å². The number of anilines is 2. The van der Waals surface area contributed by atoms with E-state index in [0.29, 0.717) is 6.54 Å². The van der Waals surface area contributed by atoms with Gasteiger partial charge in [-0.1, -0.05) is 31.2 Å². The fraction of sp³-hybridized carbons (Fsp3) is 0.500. The Balaban J connectivity index is 1.34. The summed E-state index contributed by atoms with van der Waals surface area (Å²) in [6.45, 7) is 11.6. The van der Waals surface area contributed by atoms with Crippen LogP contribution in [0.1, 0.15) is 25.2 Å². The molecule has 8 heteroatoms. The van der Waals surface area contributed by atoms with E-state index in [4.69, 9.17) is 4.99 Å². The van der Waals surface area contributed by atoms with E-state index in [0.717, 1.165) is 69.1 Å². The van der Waals surface area contributed by atoms with Gasteiger partial charge < -0.3 is 20.0 Å². The predicted molar refractivity (Wildman–Crippen MR) is 126 cm³/mol. The Hall–Kier alpha value is -2.61. The maximum absolute atomic E-state index is 4.91. The van der Waals surface area contributed by atoms with Gasteiger partial charge >= 0.3 is 0 Å². The van der Waals surface area contributed by atoms with Crippen molar-refractivity contribution in [2.75, 3.05) is 55.6 Å². The first-order valence-electron chi connectivity index (χ1n) is 10.9. The third-order valence-corrected chi connectivity index (χ3v) is 6.30. The molecule has 1 saturated heterocycles. The summed E-state index contributed by atoms with van der Waals surface area (Å²) >= 11 is 1.51. The summed E-state index contributed by atoms with van der Waals surface area (Å²) in [7, 11) is 0. The van der Waals surface area contributed by atoms with E-state index in [1.165, 1.54) is 22.8 Å². The highest BCUT2D eigenvalue weighted by molar-refractivity contribution is 7.09. The number of aryl methyl sites for hydroxylation is 1. The monoisotopic (exact) mass is 425 g/mol. The molecule has 30 heavy (non-hydrogen) atoms. The molecule has 7 nitrogen and oxygen atoms in total. The first kappa shape index (κ1) is 20.7. The molecule has 160 valence electrons. The lowest BCUT2D eigenvalue weighted by molar-refractivity contribution is 0.372. The molecule has 3 heterocycles. The third kappa shape index (κ3) is 4.92. The number of hydrogen-bond donors (Lipinski definition) is 1. The fourth-order valence-electron chi connectivity index (χ4n) is 3.72. The molecule has 0 saturated carbocycles. The summed E-state index contributed by atoms with van der Waals surface area (Å²) in [6.07, 6.45) is 5.33. The van der Waals surface area contributed by atoms with Gasteiger partial charge in [-0.15, -0.1) is 0 Å². The number of hydrogen-bond acceptors (Lipinski definition) is 6. The molecule has 0 amide bonds. The summed E-state index contributed by atoms with van der Waals surface area (Å²) in [5, 5.41) is 4.51. The number of aromatic nitrogens is 2. The molecule has 0 radical (unpaired) electrons. The van der Waals surface area contributed by atoms with Crippen LogP contribution in [-0.2, 0) is 13.0 Å². The molecule has 2 aliphatic heterocycles. The summed E-state index contributed by atoms with van der Waals surface area (Å²) < 4.78 is 4.42. The van der Waals surface area contributed by atoms with Crippen LogP contribution in [0.5, 0.6) is 0 Å². The Labute approximate surface area is 183 Å². The average molecular weight is 426 g/mol. The van der Waals surface area contributed by atoms with Crippen LogP contribution in [0.25, 0.3) is 0 Å². The topological polar surface area (TPSA) is 59.9 Å². The van der Waals surface area contributed by atoms with Crippen molar-refractivity contribution in [1.29, 1.82) is 0 Å². The predicted octanol–water partition coefficient (Wildman–Crippen LogP) is 2.76. The van der Waals surface area contributed by atoms with E-state index in [1.54, 1.807) is 0 Å². The first-order valence-corrected chi connectivity index (χ1v) is 11.6. The normalized spacial score (nSPS) is 17.1. The summed E-state index contributed by atoms with van der Waals surface area (Å²) in [4.78, 5) is 16.6. The second kappa shape index (κ2) is 9.93. The lowest BCUT2D eigenvalue weighted by Crippen LogP contribution is -2.52. The molecule has 1 N–H and O–H groups in total. The van der Waals surface area contributed by atoms with Crippen molar-refractivity contribution in [3.63, 3.8) is 0 Å². The minimum Gasteiger partial charge on any atom is -0.364 e. The lowest BCUT2D eigenvalue weighted by atomic mass is 10.2. The maximum atomic E-state index is 4.91. The van der Waals surface area contributed by atoms with Crippen molar-refractivity contribution in [3.05, 3.63) is 47.8 Å². The number of nitrogens with one attached hydrogen (secondary N) is 1.